The van der Waals surface area contributed by atoms with Gasteiger partial charge in [0.2, 0.25) is 17.6 Å². The topological polar surface area (TPSA) is 137 Å². The first-order valence-electron chi connectivity index (χ1n) is 16.3. The van der Waals surface area contributed by atoms with E-state index in [-0.39, 0.29) is 42.0 Å². The number of piperidine rings is 1. The molecule has 0 spiro atoms. The van der Waals surface area contributed by atoms with Crippen LogP contribution in [0.2, 0.25) is 0 Å². The second kappa shape index (κ2) is 13.9. The maximum Gasteiger partial charge on any atom is 0.315 e. The third-order valence-electron chi connectivity index (χ3n) is 10.0. The fourth-order valence-electron chi connectivity index (χ4n) is 7.40. The largest absolute Gasteiger partial charge is 0.346 e. The summed E-state index contributed by atoms with van der Waals surface area (Å²) in [4.78, 5) is 68.9. The van der Waals surface area contributed by atoms with Crippen LogP contribution in [0.5, 0.6) is 0 Å². The Kier molecular flexibility index (Phi) is 9.94. The van der Waals surface area contributed by atoms with E-state index >= 15 is 0 Å². The molecule has 1 heterocycles. The average molecular weight is 628 g/mol. The molecule has 10 nitrogen and oxygen atoms in total. The van der Waals surface area contributed by atoms with Gasteiger partial charge in [-0.25, -0.2) is 4.79 Å². The summed E-state index contributed by atoms with van der Waals surface area (Å²) in [6.45, 7) is 10.4. The van der Waals surface area contributed by atoms with E-state index < -0.39 is 41.8 Å². The van der Waals surface area contributed by atoms with E-state index in [4.69, 9.17) is 0 Å². The highest BCUT2D eigenvalue weighted by Gasteiger charge is 2.69. The molecule has 3 aliphatic rings. The molecule has 2 aromatic carbocycles. The number of rotatable bonds is 13. The number of nitrogens with zero attached hydrogens (tertiary/aromatic N) is 1. The predicted molar refractivity (Wildman–Crippen MR) is 174 cm³/mol. The van der Waals surface area contributed by atoms with Crippen LogP contribution in [0, 0.1) is 23.2 Å². The van der Waals surface area contributed by atoms with Gasteiger partial charge in [0.05, 0.1) is 6.04 Å². The highest BCUT2D eigenvalue weighted by Crippen LogP contribution is 2.65. The van der Waals surface area contributed by atoms with Crippen LogP contribution in [-0.2, 0) is 38.6 Å². The van der Waals surface area contributed by atoms with Crippen molar-refractivity contribution in [2.45, 2.75) is 71.1 Å². The number of likely N-dealkylation sites (tertiary alicyclic amines) is 1. The van der Waals surface area contributed by atoms with E-state index in [1.165, 1.54) is 6.08 Å². The van der Waals surface area contributed by atoms with E-state index in [1.807, 2.05) is 61.5 Å². The monoisotopic (exact) mass is 627 g/mol. The predicted octanol–water partition coefficient (Wildman–Crippen LogP) is 2.91. The van der Waals surface area contributed by atoms with E-state index in [2.05, 4.69) is 41.7 Å². The molecule has 0 bridgehead atoms. The summed E-state index contributed by atoms with van der Waals surface area (Å²) < 4.78 is 0. The minimum Gasteiger partial charge on any atom is -0.346 e. The maximum absolute atomic E-state index is 14.5. The third-order valence-corrected chi connectivity index (χ3v) is 10.0. The molecule has 5 atom stereocenters. The Hall–Kier alpha value is -4.47. The van der Waals surface area contributed by atoms with Gasteiger partial charge < -0.3 is 26.2 Å². The lowest BCUT2D eigenvalue weighted by atomic mass is 9.93. The van der Waals surface area contributed by atoms with Gasteiger partial charge in [0, 0.05) is 19.6 Å². The molecule has 0 radical (unpaired) electrons. The van der Waals surface area contributed by atoms with Crippen LogP contribution >= 0.6 is 0 Å². The number of urea groups is 1. The number of nitrogens with one attached hydrogen (secondary N) is 4. The van der Waals surface area contributed by atoms with Gasteiger partial charge in [-0.2, -0.15) is 0 Å². The Balaban J connectivity index is 1.36. The van der Waals surface area contributed by atoms with Crippen molar-refractivity contribution in [1.29, 1.82) is 0 Å². The summed E-state index contributed by atoms with van der Waals surface area (Å²) in [5, 5.41) is 11.2. The molecular weight excluding hydrogens is 582 g/mol. The fourth-order valence-corrected chi connectivity index (χ4v) is 7.40. The van der Waals surface area contributed by atoms with Crippen molar-refractivity contribution in [2.24, 2.45) is 23.2 Å². The van der Waals surface area contributed by atoms with E-state index in [0.29, 0.717) is 32.4 Å². The van der Waals surface area contributed by atoms with Crippen LogP contribution in [-0.4, -0.2) is 65.7 Å². The molecular formula is C36H45N5O5. The van der Waals surface area contributed by atoms with Crippen LogP contribution in [0.1, 0.15) is 50.3 Å². The molecule has 1 saturated heterocycles. The minimum atomic E-state index is -1.01. The van der Waals surface area contributed by atoms with Gasteiger partial charge in [-0.15, -0.1) is 6.58 Å². The Morgan fingerprint density at radius 1 is 0.957 bits per heavy atom. The Bertz CT molecular complexity index is 1470. The quantitative estimate of drug-likeness (QED) is 0.200. The maximum atomic E-state index is 14.5. The molecule has 1 aliphatic heterocycles. The van der Waals surface area contributed by atoms with Gasteiger partial charge in [0.15, 0.2) is 0 Å². The van der Waals surface area contributed by atoms with Gasteiger partial charge in [-0.05, 0) is 59.1 Å². The standard InChI is InChI=1S/C36H45N5O5/c1-5-12-27(31(42)33(44)37-17-6-2)39-32(43)30-28-26(36(28,3)4)21-41(30)34(45)29(25-18-23-15-10-11-16-24(23)19-25)40-35(46)38-20-22-13-8-7-9-14-22/h6-11,13-16,25-30H,2,5,12,17-21H2,1,3-4H3,(H,37,44)(H,39,43)(H2,38,40,46)/t26?,27?,28?,29-,30-/m0/s1. The SMILES string of the molecule is C=CCNC(=O)C(=O)C(CCC)NC(=O)[C@@H]1C2C(CN1C(=O)[C@@H](NC(=O)NCc1ccccc1)C1Cc3ccccc3C1)C2(C)C. The summed E-state index contributed by atoms with van der Waals surface area (Å²) in [6.07, 6.45) is 3.59. The normalized spacial score (nSPS) is 22.1. The molecule has 5 rings (SSSR count). The first-order chi connectivity index (χ1) is 22.1. The molecule has 2 aliphatic carbocycles. The van der Waals surface area contributed by atoms with Crippen molar-refractivity contribution in [3.63, 3.8) is 0 Å². The molecule has 2 aromatic rings. The van der Waals surface area contributed by atoms with Crippen LogP contribution in [0.15, 0.2) is 67.3 Å². The number of amides is 5. The number of carbonyl (C=O) groups excluding carboxylic acids is 5. The van der Waals surface area contributed by atoms with Gasteiger partial charge in [0.25, 0.3) is 5.91 Å². The Morgan fingerprint density at radius 3 is 2.24 bits per heavy atom. The molecule has 0 aromatic heterocycles. The van der Waals surface area contributed by atoms with Crippen LogP contribution in [0.4, 0.5) is 4.79 Å². The summed E-state index contributed by atoms with van der Waals surface area (Å²) in [6, 6.07) is 14.4. The molecule has 5 amide bonds. The summed E-state index contributed by atoms with van der Waals surface area (Å²) in [7, 11) is 0. The Morgan fingerprint density at radius 2 is 1.61 bits per heavy atom. The summed E-state index contributed by atoms with van der Waals surface area (Å²) in [5.74, 6) is -2.45. The van der Waals surface area contributed by atoms with Crippen molar-refractivity contribution in [3.8, 4) is 0 Å². The van der Waals surface area contributed by atoms with Crippen molar-refractivity contribution in [1.82, 2.24) is 26.2 Å². The smallest absolute Gasteiger partial charge is 0.315 e. The zero-order valence-electron chi connectivity index (χ0n) is 26.9. The van der Waals surface area contributed by atoms with Crippen molar-refractivity contribution >= 4 is 29.5 Å². The fraction of sp³-hybridized carbons (Fsp3) is 0.472. The number of fused-ring (bicyclic) bond motifs is 2. The lowest BCUT2D eigenvalue weighted by molar-refractivity contribution is -0.144. The number of carbonyl (C=O) groups is 5. The number of ketones is 1. The lowest BCUT2D eigenvalue weighted by Crippen LogP contribution is -2.60. The van der Waals surface area contributed by atoms with Crippen molar-refractivity contribution in [3.05, 3.63) is 83.9 Å². The molecule has 244 valence electrons. The average Bonchev–Trinajstić information content (AvgIpc) is 3.41. The zero-order valence-corrected chi connectivity index (χ0v) is 26.9. The second-order valence-electron chi connectivity index (χ2n) is 13.3. The molecule has 46 heavy (non-hydrogen) atoms. The highest BCUT2D eigenvalue weighted by atomic mass is 16.2. The minimum absolute atomic E-state index is 0.100. The molecule has 2 fully saturated rings. The molecule has 4 N–H and O–H groups in total. The zero-order chi connectivity index (χ0) is 33.0. The molecule has 10 heteroatoms. The van der Waals surface area contributed by atoms with Crippen molar-refractivity contribution in [2.75, 3.05) is 13.1 Å². The second-order valence-corrected chi connectivity index (χ2v) is 13.3. The van der Waals surface area contributed by atoms with Crippen LogP contribution in [0.3, 0.4) is 0 Å². The number of hydrogen-bond acceptors (Lipinski definition) is 5. The van der Waals surface area contributed by atoms with E-state index in [9.17, 15) is 24.0 Å². The van der Waals surface area contributed by atoms with Gasteiger partial charge >= 0.3 is 6.03 Å². The number of Topliss-reactive ketones (excluding diaryl/α,β-unsaturated/α-hetero) is 1. The molecule has 1 saturated carbocycles. The summed E-state index contributed by atoms with van der Waals surface area (Å²) >= 11 is 0. The number of benzene rings is 2. The molecule has 3 unspecified atom stereocenters. The van der Waals surface area contributed by atoms with Gasteiger partial charge in [-0.3, -0.25) is 19.2 Å². The Labute approximate surface area is 270 Å². The first-order valence-corrected chi connectivity index (χ1v) is 16.3. The summed E-state index contributed by atoms with van der Waals surface area (Å²) in [5.41, 5.74) is 3.06. The lowest BCUT2D eigenvalue weighted by Gasteiger charge is -2.35. The van der Waals surface area contributed by atoms with Crippen LogP contribution < -0.4 is 21.3 Å². The highest BCUT2D eigenvalue weighted by molar-refractivity contribution is 6.38. The van der Waals surface area contributed by atoms with E-state index in [1.54, 1.807) is 4.90 Å². The number of hydrogen-bond donors (Lipinski definition) is 4. The van der Waals surface area contributed by atoms with Gasteiger partial charge in [-0.1, -0.05) is 87.9 Å². The van der Waals surface area contributed by atoms with Crippen molar-refractivity contribution < 1.29 is 24.0 Å². The first kappa shape index (κ1) is 32.9. The van der Waals surface area contributed by atoms with E-state index in [0.717, 1.165) is 16.7 Å². The third kappa shape index (κ3) is 6.85. The van der Waals surface area contributed by atoms with Crippen LogP contribution in [0.25, 0.3) is 0 Å². The van der Waals surface area contributed by atoms with Gasteiger partial charge in [0.1, 0.15) is 12.1 Å².